The molecule has 10 aliphatic rings. The van der Waals surface area contributed by atoms with Crippen molar-refractivity contribution in [2.75, 3.05) is 0 Å². The summed E-state index contributed by atoms with van der Waals surface area (Å²) in [6, 6.07) is 18.0. The van der Waals surface area contributed by atoms with Crippen LogP contribution in [0, 0.1) is 50.4 Å². The number of fused-ring (bicyclic) bond motifs is 6. The molecule has 12 rings (SSSR count). The van der Waals surface area contributed by atoms with Gasteiger partial charge >= 0.3 is 78.2 Å². The van der Waals surface area contributed by atoms with E-state index in [1.165, 1.54) is 202 Å². The number of halogens is 5. The van der Waals surface area contributed by atoms with Crippen LogP contribution in [-0.2, 0) is 31.7 Å². The summed E-state index contributed by atoms with van der Waals surface area (Å²) in [5, 5.41) is 13.7. The van der Waals surface area contributed by atoms with E-state index in [0.29, 0.717) is 0 Å². The predicted molar refractivity (Wildman–Crippen MR) is 379 cm³/mol. The predicted octanol–water partition coefficient (Wildman–Crippen LogP) is 27.5. The van der Waals surface area contributed by atoms with Gasteiger partial charge in [0.1, 0.15) is 0 Å². The Balaban J connectivity index is 0.000000196. The second-order valence-corrected chi connectivity index (χ2v) is 53.8. The van der Waals surface area contributed by atoms with Gasteiger partial charge in [-0.15, -0.1) is 23.5 Å². The molecular formula is C69H117Cl5N2P2S2SiTi2-2. The second-order valence-electron chi connectivity index (χ2n) is 28.3. The minimum absolute atomic E-state index is 0. The van der Waals surface area contributed by atoms with Gasteiger partial charge in [0, 0.05) is 32.1 Å². The van der Waals surface area contributed by atoms with Crippen molar-refractivity contribution in [1.82, 2.24) is 0 Å². The maximum atomic E-state index is 12.0. The summed E-state index contributed by atoms with van der Waals surface area (Å²) in [7, 11) is 20.5. The molecule has 2 aromatic carbocycles. The van der Waals surface area contributed by atoms with Crippen LogP contribution in [0.15, 0.2) is 62.7 Å². The summed E-state index contributed by atoms with van der Waals surface area (Å²) < 4.78 is 6.06. The third kappa shape index (κ3) is 19.9. The van der Waals surface area contributed by atoms with Gasteiger partial charge in [0.15, 0.2) is 8.24 Å². The van der Waals surface area contributed by atoms with Crippen LogP contribution in [0.2, 0.25) is 19.6 Å². The fraction of sp³-hybridized carbons (Fsp3) is 0.797. The van der Waals surface area contributed by atoms with Crippen molar-refractivity contribution in [3.05, 3.63) is 79.7 Å². The Kier molecular flexibility index (Phi) is 34.6. The summed E-state index contributed by atoms with van der Waals surface area (Å²) in [5.74, 6) is 6.81. The maximum Gasteiger partial charge on any atom is -0.0398 e. The van der Waals surface area contributed by atoms with Crippen molar-refractivity contribution in [1.29, 1.82) is 0 Å². The molecule has 10 atom stereocenters. The van der Waals surface area contributed by atoms with Gasteiger partial charge in [-0.1, -0.05) is 213 Å². The molecule has 2 aliphatic heterocycles. The van der Waals surface area contributed by atoms with Crippen molar-refractivity contribution in [2.24, 2.45) is 39.9 Å². The first kappa shape index (κ1) is 76.4. The van der Waals surface area contributed by atoms with Crippen LogP contribution in [0.1, 0.15) is 257 Å². The molecule has 2 aromatic rings. The van der Waals surface area contributed by atoms with Crippen LogP contribution >= 0.6 is 84.2 Å². The average molecular weight is 1400 g/mol. The van der Waals surface area contributed by atoms with Crippen LogP contribution in [0.3, 0.4) is 0 Å². The first-order chi connectivity index (χ1) is 38.9. The molecule has 8 aliphatic carbocycles. The van der Waals surface area contributed by atoms with Crippen LogP contribution in [0.5, 0.6) is 0 Å². The van der Waals surface area contributed by atoms with Crippen LogP contribution < -0.4 is 0 Å². The van der Waals surface area contributed by atoms with Crippen LogP contribution in [-0.4, -0.2) is 52.7 Å². The van der Waals surface area contributed by atoms with Crippen molar-refractivity contribution in [2.45, 2.75) is 320 Å². The van der Waals surface area contributed by atoms with Crippen molar-refractivity contribution in [3.63, 3.8) is 0 Å². The Morgan fingerprint density at radius 3 is 0.928 bits per heavy atom. The van der Waals surface area contributed by atoms with Gasteiger partial charge < -0.3 is 24.4 Å². The van der Waals surface area contributed by atoms with E-state index in [1.54, 1.807) is 11.1 Å². The van der Waals surface area contributed by atoms with Crippen LogP contribution in [0.4, 0.5) is 0 Å². The van der Waals surface area contributed by atoms with Crippen LogP contribution in [0.25, 0.3) is 5.16 Å². The Morgan fingerprint density at radius 2 is 0.675 bits per heavy atom. The molecule has 8 fully saturated rings. The molecule has 0 aromatic heterocycles. The second kappa shape index (κ2) is 37.6. The molecule has 0 N–H and O–H groups in total. The standard InChI is InChI=1S/C21H42NPSi.C18H33NP.2C14H18S.2CH3.5ClH.2Ti/c1-24(2,3)22-23(19-13-7-4-8-14-19,20-15-9-5-10-16-20)21-17-11-6-12-18-21;19-20(16-10-4-1-5-11-16,17-12-6-2-7-13-17)18-14-8-3-9-15-18;2*1-8-9(2)13-11-6-4-5-7-12(11)15-14(13)10(8)3;;;;;;;;;/h19-21H,4-18H2,1-3H3;16-18H,1-15H2;2*4-10,13-14H,1-3H3;2*1H3;5*1H;;/q;-1;;;2*-1;;;;;;+2;+4/p-5. The number of thioether (sulfide) groups is 2. The van der Waals surface area contributed by atoms with E-state index < -0.39 is 54.1 Å². The maximum absolute atomic E-state index is 12.0. The topological polar surface area (TPSA) is 34.7 Å². The molecule has 0 saturated heterocycles. The number of benzene rings is 2. The molecule has 0 bridgehead atoms. The molecule has 8 saturated carbocycles. The van der Waals surface area contributed by atoms with Crippen molar-refractivity contribution in [3.8, 4) is 0 Å². The fourth-order valence-corrected chi connectivity index (χ4v) is 38.7. The van der Waals surface area contributed by atoms with E-state index in [4.69, 9.17) is 50.9 Å². The minimum atomic E-state index is -1.92. The van der Waals surface area contributed by atoms with E-state index in [1.807, 2.05) is 0 Å². The van der Waals surface area contributed by atoms with Gasteiger partial charge in [0.05, 0.1) is 0 Å². The molecule has 0 spiro atoms. The zero-order valence-electron chi connectivity index (χ0n) is 54.1. The zero-order chi connectivity index (χ0) is 58.3. The molecule has 2 nitrogen and oxygen atoms in total. The number of rotatable bonds is 7. The largest absolute Gasteiger partial charge is 0.807 e. The SMILES string of the molecule is CC1C(C)C2Sc3ccccc3C2C1C.CC1C(C)C2Sc3ccccc3C2C1C.C[Si](C)(C)N=P(C1CCCCC1)(C1CCCCC1)C1CCCCC1.[CH3-].[CH3-].[Cl][Ti+]([Cl])[Cl].[Cl][Ti][Cl].[N-]=P(C1CCCCC1)(C1CCCCC1)C1CCCCC1. The molecule has 2 heterocycles. The van der Waals surface area contributed by atoms with E-state index in [2.05, 4.69) is 133 Å². The summed E-state index contributed by atoms with van der Waals surface area (Å²) in [6.45, 7) is 22.2. The van der Waals surface area contributed by atoms with E-state index in [9.17, 15) is 5.16 Å². The molecule has 14 heteroatoms. The van der Waals surface area contributed by atoms with Gasteiger partial charge in [0.25, 0.3) is 0 Å². The Morgan fingerprint density at radius 1 is 0.434 bits per heavy atom. The Bertz CT molecular complexity index is 2080. The summed E-state index contributed by atoms with van der Waals surface area (Å²) in [5.41, 5.74) is 8.55. The van der Waals surface area contributed by atoms with Crippen molar-refractivity contribution >= 4 is 92.4 Å². The summed E-state index contributed by atoms with van der Waals surface area (Å²) in [6.07, 6.45) is 43.5. The van der Waals surface area contributed by atoms with Gasteiger partial charge in [-0.2, -0.15) is 0 Å². The summed E-state index contributed by atoms with van der Waals surface area (Å²) >= 11 is 1.77. The van der Waals surface area contributed by atoms with Gasteiger partial charge in [0.2, 0.25) is 0 Å². The fourth-order valence-electron chi connectivity index (χ4n) is 18.3. The minimum Gasteiger partial charge on any atom is -0.807 e. The molecule has 0 amide bonds. The van der Waals surface area contributed by atoms with Gasteiger partial charge in [-0.05, 0) is 177 Å². The quantitative estimate of drug-likeness (QED) is 0.157. The van der Waals surface area contributed by atoms with Gasteiger partial charge in [-0.25, -0.2) is 7.05 Å². The van der Waals surface area contributed by atoms with E-state index in [0.717, 1.165) is 91.8 Å². The first-order valence-electron chi connectivity index (χ1n) is 33.4. The summed E-state index contributed by atoms with van der Waals surface area (Å²) in [4.78, 5) is 3.08. The molecule has 474 valence electrons. The van der Waals surface area contributed by atoms with Crippen molar-refractivity contribution < 1.29 is 31.7 Å². The molecule has 83 heavy (non-hydrogen) atoms. The monoisotopic (exact) mass is 1400 g/mol. The third-order valence-corrected chi connectivity index (χ3v) is 39.9. The Hall–Kier alpha value is 2.70. The number of hydrogen-bond acceptors (Lipinski definition) is 3. The molecular weight excluding hydrogens is 1280 g/mol. The Labute approximate surface area is 557 Å². The molecule has 0 radical (unpaired) electrons. The van der Waals surface area contributed by atoms with Gasteiger partial charge in [-0.3, -0.25) is 0 Å². The number of nitrogens with zero attached hydrogens (tertiary/aromatic N) is 2. The molecule has 10 unspecified atom stereocenters. The number of hydrogen-bond donors (Lipinski definition) is 0. The van der Waals surface area contributed by atoms with E-state index in [-0.39, 0.29) is 14.9 Å². The van der Waals surface area contributed by atoms with E-state index >= 15 is 0 Å². The first-order valence-corrected chi connectivity index (χ1v) is 53.3. The smallest absolute Gasteiger partial charge is 0.0398 e. The average Bonchev–Trinajstić information content (AvgIpc) is 3.16. The zero-order valence-corrected chi connectivity index (χ0v) is 65.4. The third-order valence-electron chi connectivity index (χ3n) is 22.7. The normalized spacial score (nSPS) is 30.5.